The molecule has 32 nitrogen and oxygen atoms in total. The number of benzene rings is 8. The maximum atomic E-state index is 13.0. The van der Waals surface area contributed by atoms with E-state index in [4.69, 9.17) is 33.2 Å². The molecule has 7 N–H and O–H groups in total. The quantitative estimate of drug-likeness (QED) is 0.0527. The average Bonchev–Trinajstić information content (AvgIpc) is 1.65. The number of pyridine rings is 1. The van der Waals surface area contributed by atoms with E-state index in [9.17, 15) is 92.1 Å². The van der Waals surface area contributed by atoms with Gasteiger partial charge in [0, 0.05) is 85.1 Å². The van der Waals surface area contributed by atoms with Gasteiger partial charge in [-0.2, -0.15) is 13.2 Å². The van der Waals surface area contributed by atoms with E-state index in [0.29, 0.717) is 133 Å². The Kier molecular flexibility index (Phi) is 34.9. The molecule has 13 aromatic rings. The average molecular weight is 2430 g/mol. The molecule has 0 unspecified atom stereocenters. The zero-order valence-electron chi connectivity index (χ0n) is 76.8. The highest BCUT2D eigenvalue weighted by Crippen LogP contribution is 2.49. The predicted molar refractivity (Wildman–Crippen MR) is 566 cm³/mol. The zero-order chi connectivity index (χ0) is 105. The van der Waals surface area contributed by atoms with Crippen molar-refractivity contribution in [1.82, 2.24) is 33.3 Å². The number of thiazole rings is 3. The minimum absolute atomic E-state index is 0.0163. The third kappa shape index (κ3) is 24.2. The molecule has 4 amide bonds. The molecular formula is C98H77Br5F3N9O23S7. The lowest BCUT2D eigenvalue weighted by atomic mass is 10.0. The Morgan fingerprint density at radius 3 is 1.26 bits per heavy atom. The lowest BCUT2D eigenvalue weighted by molar-refractivity contribution is -0.138. The van der Waals surface area contributed by atoms with Crippen molar-refractivity contribution in [3.8, 4) is 80.5 Å². The molecule has 0 bridgehead atoms. The number of phenols is 7. The van der Waals surface area contributed by atoms with Crippen LogP contribution in [0.1, 0.15) is 83.6 Å². The van der Waals surface area contributed by atoms with Crippen molar-refractivity contribution in [3.05, 3.63) is 297 Å². The van der Waals surface area contributed by atoms with Crippen LogP contribution in [0, 0.1) is 0 Å². The lowest BCUT2D eigenvalue weighted by Crippen LogP contribution is -2.33. The van der Waals surface area contributed by atoms with Crippen LogP contribution in [-0.2, 0) is 35.3 Å². The number of fused-ring (bicyclic) bond motifs is 6. The highest BCUT2D eigenvalue weighted by Gasteiger charge is 2.39. The van der Waals surface area contributed by atoms with Crippen molar-refractivity contribution in [3.63, 3.8) is 0 Å². The van der Waals surface area contributed by atoms with Crippen LogP contribution in [0.2, 0.25) is 0 Å². The number of nitrogens with zero attached hydrogens (tertiary/aromatic N) is 9. The highest BCUT2D eigenvalue weighted by atomic mass is 79.9. The standard InChI is InChI=1S/C16H11BrO3S.C15H10BrNO3S.C14H13BrN2O3S.C14H13NO4S.C13H11BrN2O3S.C13H9BrN2O3S.C13H10F3NO4S/c1-20-13-6-9(11(17)8-12(13)18)7-15-16(19)10-4-2-3-5-14(10)21-15;1-20-12-5-8(10(16)7-11(12)18)6-13-14(19)9-3-2-4-17-15(9)21-13;1-20-11-5-8(9(15)7-10(11)18)6-12-13(19)17-4-2-3-16-14(17)21-12;1-15-13(17)12(20-14(15)18)8-4-3-7-5-10(16)11(19-2)6-9(7)8;2*1-19-10-4-7(8(14)6-9(10)17)5-11-12(18)16-3-2-15-13(16)20-11;1-17-11(19)10(22-12(17)20)4-6-3-9(21-2)8(18)5-7(6)13(14,15)16/h2-8,18H,1H3;2-7,18H,1H3;5-7,18H,2-4H2,1H3;5-6,16H,3-4H2,1-2H3;4-6,17H,2-3H2,1H3;2-6,17H,1H3;3-5,18H,1-2H3/b15-7-;13-6-;12-6-;12-8-;2*11-5-;10-4-. The summed E-state index contributed by atoms with van der Waals surface area (Å²) < 4.78 is 84.6. The summed E-state index contributed by atoms with van der Waals surface area (Å²) in [7, 11) is 12.8. The fourth-order valence-electron chi connectivity index (χ4n) is 14.5. The Morgan fingerprint density at radius 1 is 0.400 bits per heavy atom. The van der Waals surface area contributed by atoms with Crippen LogP contribution in [0.15, 0.2) is 216 Å². The molecule has 1 aliphatic carbocycles. The first kappa shape index (κ1) is 108. The van der Waals surface area contributed by atoms with Gasteiger partial charge in [-0.25, -0.2) is 9.97 Å². The molecule has 145 heavy (non-hydrogen) atoms. The summed E-state index contributed by atoms with van der Waals surface area (Å²) in [6, 6.07) is 32.1. The van der Waals surface area contributed by atoms with E-state index in [2.05, 4.69) is 99.6 Å². The number of methoxy groups -OCH3 is 7. The van der Waals surface area contributed by atoms with Gasteiger partial charge in [0.2, 0.25) is 11.6 Å². The van der Waals surface area contributed by atoms with E-state index < -0.39 is 28.6 Å². The number of imidazole rings is 1. The predicted octanol–water partition coefficient (Wildman–Crippen LogP) is 17.7. The molecular weight excluding hydrogens is 2350 g/mol. The molecule has 2 fully saturated rings. The molecule has 0 radical (unpaired) electrons. The Labute approximate surface area is 890 Å². The van der Waals surface area contributed by atoms with Crippen LogP contribution in [0.5, 0.6) is 80.5 Å². The molecule has 11 heterocycles. The number of rotatable bonds is 13. The van der Waals surface area contributed by atoms with Crippen molar-refractivity contribution in [2.75, 3.05) is 77.0 Å². The maximum Gasteiger partial charge on any atom is 0.417 e. The second kappa shape index (κ2) is 46.8. The Morgan fingerprint density at radius 2 is 0.814 bits per heavy atom. The third-order valence-corrected chi connectivity index (χ3v) is 32.6. The molecule has 20 rings (SSSR count). The highest BCUT2D eigenvalue weighted by molar-refractivity contribution is 9.11. The normalized spacial score (nSPS) is 15.8. The van der Waals surface area contributed by atoms with Gasteiger partial charge in [-0.1, -0.05) is 149 Å². The van der Waals surface area contributed by atoms with E-state index >= 15 is 0 Å². The summed E-state index contributed by atoms with van der Waals surface area (Å²) in [4.78, 5) is 132. The fourth-order valence-corrected chi connectivity index (χ4v) is 23.5. The summed E-state index contributed by atoms with van der Waals surface area (Å²) in [5.41, 5.74) is 6.27. The Hall–Kier alpha value is -12.7. The molecule has 0 atom stereocenters. The van der Waals surface area contributed by atoms with Crippen molar-refractivity contribution in [1.29, 1.82) is 0 Å². The summed E-state index contributed by atoms with van der Waals surface area (Å²) in [5, 5.41) is 67.7. The van der Waals surface area contributed by atoms with Crippen LogP contribution in [0.25, 0.3) is 47.0 Å². The molecule has 5 aromatic heterocycles. The largest absolute Gasteiger partial charge is 0.504 e. The van der Waals surface area contributed by atoms with E-state index in [0.717, 1.165) is 129 Å². The summed E-state index contributed by atoms with van der Waals surface area (Å²) in [5.74, 6) is 0.742. The van der Waals surface area contributed by atoms with Gasteiger partial charge in [-0.3, -0.25) is 76.5 Å². The van der Waals surface area contributed by atoms with E-state index in [1.807, 2.05) is 24.3 Å². The van der Waals surface area contributed by atoms with Gasteiger partial charge in [-0.05, 0) is 239 Å². The number of hydrogen-bond donors (Lipinski definition) is 7. The monoisotopic (exact) mass is 2420 g/mol. The van der Waals surface area contributed by atoms with Crippen LogP contribution < -0.4 is 73.0 Å². The molecule has 2 saturated heterocycles. The number of aromatic hydroxyl groups is 7. The van der Waals surface area contributed by atoms with Gasteiger partial charge < -0.3 is 68.9 Å². The smallest absolute Gasteiger partial charge is 0.417 e. The second-order valence-corrected chi connectivity index (χ2v) is 42.2. The number of halogens is 8. The summed E-state index contributed by atoms with van der Waals surface area (Å²) in [6.45, 7) is 2.83. The number of amides is 4. The third-order valence-electron chi connectivity index (χ3n) is 21.9. The number of likely N-dealkylation sites (N-methyl/N-ethyl adjacent to an activating group) is 2. The SMILES string of the molecule is COc1cc(/C=C2\SC(=O)N(C)C2=O)c(C(F)(F)F)cc1O.COc1cc(/C=C2\Sc3ccccc3C2=O)c(Br)cc1O.COc1cc(/C=C2\Sc3ncccc3C2=O)c(Br)cc1O.COc1cc(/C=c2\sc3n(c2=O)CCCN=3)c(Br)cc1O.COc1cc(/C=c2\sc3n(c2=O)CCN=3)c(Br)cc1O.COc1cc(/C=c2\sc3nccn3c2=O)c(Br)cc1O.COc1cc2c(cc1O)CC/C2=C1/SC(=O)N(C)C1=O. The number of carbonyl (C=O) groups excluding carboxylic acids is 6. The maximum absolute atomic E-state index is 13.0. The second-order valence-electron chi connectivity index (χ2n) is 30.8. The first-order chi connectivity index (χ1) is 69.2. The number of imide groups is 2. The molecule has 7 aliphatic rings. The van der Waals surface area contributed by atoms with Crippen molar-refractivity contribution >= 4 is 242 Å². The van der Waals surface area contributed by atoms with Crippen molar-refractivity contribution in [2.45, 2.75) is 48.4 Å². The number of ether oxygens (including phenoxy) is 7. The molecule has 47 heteroatoms. The first-order valence-corrected chi connectivity index (χ1v) is 51.9. The van der Waals surface area contributed by atoms with Gasteiger partial charge in [-0.15, -0.1) is 0 Å². The van der Waals surface area contributed by atoms with Gasteiger partial charge in [0.25, 0.3) is 39.0 Å². The van der Waals surface area contributed by atoms with Gasteiger partial charge in [0.15, 0.2) is 95.1 Å². The number of hydrogen-bond acceptors (Lipinski definition) is 34. The topological polar surface area (TPSA) is 431 Å². The Balaban J connectivity index is 0.000000134. The number of thioether (sulfide) groups is 4. The van der Waals surface area contributed by atoms with Crippen molar-refractivity contribution in [2.24, 2.45) is 9.98 Å². The van der Waals surface area contributed by atoms with Crippen LogP contribution in [0.4, 0.5) is 22.8 Å². The molecule has 6 aliphatic heterocycles. The van der Waals surface area contributed by atoms with Crippen LogP contribution in [0.3, 0.4) is 0 Å². The number of allylic oxidation sites excluding steroid dienone is 3. The molecule has 0 saturated carbocycles. The van der Waals surface area contributed by atoms with E-state index in [1.54, 1.807) is 137 Å². The number of alkyl halides is 3. The van der Waals surface area contributed by atoms with E-state index in [-0.39, 0.29) is 90.1 Å². The fraction of sp³-hybridized carbons (Fsp3) is 0.173. The molecule has 0 spiro atoms. The first-order valence-electron chi connectivity index (χ1n) is 42.2. The minimum atomic E-state index is -4.74. The van der Waals surface area contributed by atoms with Crippen LogP contribution >= 0.6 is 161 Å². The van der Waals surface area contributed by atoms with Gasteiger partial charge in [0.1, 0.15) is 5.03 Å². The number of aromatic nitrogens is 5. The molecule has 750 valence electrons. The number of ketones is 2. The number of phenolic OH excluding ortho intramolecular Hbond substituents is 7. The summed E-state index contributed by atoms with van der Waals surface area (Å²) >= 11 is 25.3. The summed E-state index contributed by atoms with van der Waals surface area (Å²) in [6.07, 6.45) is 12.3. The van der Waals surface area contributed by atoms with Crippen LogP contribution in [-0.4, -0.2) is 180 Å². The lowest BCUT2D eigenvalue weighted by Gasteiger charge is -2.13. The van der Waals surface area contributed by atoms with Gasteiger partial charge >= 0.3 is 6.18 Å². The van der Waals surface area contributed by atoms with E-state index in [1.165, 1.54) is 132 Å². The minimum Gasteiger partial charge on any atom is -0.504 e. The Bertz CT molecular complexity index is 8020. The number of aryl methyl sites for hydroxylation is 1. The molecule has 8 aromatic carbocycles. The van der Waals surface area contributed by atoms with Crippen molar-refractivity contribution < 1.29 is 111 Å². The zero-order valence-corrected chi connectivity index (χ0v) is 90.4. The number of carbonyl (C=O) groups is 6. The number of Topliss-reactive ketones (excluding diaryl/α,β-unsaturated/α-hetero) is 2. The van der Waals surface area contributed by atoms with Gasteiger partial charge in [0.05, 0.1) is 101 Å².